The van der Waals surface area contributed by atoms with E-state index in [2.05, 4.69) is 24.1 Å². The van der Waals surface area contributed by atoms with Gasteiger partial charge in [-0.3, -0.25) is 0 Å². The predicted molar refractivity (Wildman–Crippen MR) is 86.6 cm³/mol. The molecular weight excluding hydrogens is 266 g/mol. The Morgan fingerprint density at radius 2 is 2.10 bits per heavy atom. The summed E-state index contributed by atoms with van der Waals surface area (Å²) in [5, 5.41) is 4.92. The van der Waals surface area contributed by atoms with Gasteiger partial charge in [-0.1, -0.05) is 13.8 Å². The molecule has 2 heterocycles. The first kappa shape index (κ1) is 14.3. The Labute approximate surface area is 126 Å². The quantitative estimate of drug-likeness (QED) is 0.866. The van der Waals surface area contributed by atoms with Gasteiger partial charge < -0.3 is 10.2 Å². The first-order chi connectivity index (χ1) is 9.81. The molecule has 1 saturated carbocycles. The number of nitrogens with one attached hydrogen (secondary N) is 1. The van der Waals surface area contributed by atoms with Crippen molar-refractivity contribution in [1.29, 1.82) is 0 Å². The number of aryl methyl sites for hydroxylation is 1. The Morgan fingerprint density at radius 1 is 1.25 bits per heavy atom. The molecule has 0 amide bonds. The normalized spacial score (nSPS) is 23.3. The summed E-state index contributed by atoms with van der Waals surface area (Å²) in [6.45, 7) is 6.76. The van der Waals surface area contributed by atoms with Gasteiger partial charge in [0, 0.05) is 30.1 Å². The van der Waals surface area contributed by atoms with Crippen LogP contribution in [0.4, 0.5) is 5.13 Å². The van der Waals surface area contributed by atoms with Gasteiger partial charge in [0.2, 0.25) is 0 Å². The summed E-state index contributed by atoms with van der Waals surface area (Å²) in [7, 11) is 0. The maximum atomic E-state index is 4.95. The van der Waals surface area contributed by atoms with E-state index in [0.717, 1.165) is 19.0 Å². The molecule has 112 valence electrons. The highest BCUT2D eigenvalue weighted by Gasteiger charge is 2.25. The van der Waals surface area contributed by atoms with Crippen LogP contribution in [0.15, 0.2) is 0 Å². The maximum absolute atomic E-state index is 4.95. The average Bonchev–Trinajstić information content (AvgIpc) is 3.23. The minimum atomic E-state index is 0.712. The van der Waals surface area contributed by atoms with Crippen LogP contribution in [0.25, 0.3) is 0 Å². The summed E-state index contributed by atoms with van der Waals surface area (Å²) < 4.78 is 0. The second kappa shape index (κ2) is 6.44. The molecule has 1 aliphatic heterocycles. The second-order valence-corrected chi connectivity index (χ2v) is 7.19. The molecule has 1 aromatic rings. The van der Waals surface area contributed by atoms with Gasteiger partial charge in [0.1, 0.15) is 0 Å². The van der Waals surface area contributed by atoms with Crippen molar-refractivity contribution < 1.29 is 0 Å². The van der Waals surface area contributed by atoms with Gasteiger partial charge in [-0.05, 0) is 44.9 Å². The Bertz CT molecular complexity index is 439. The van der Waals surface area contributed by atoms with Crippen LogP contribution in [-0.4, -0.2) is 23.6 Å². The zero-order valence-electron chi connectivity index (χ0n) is 12.8. The van der Waals surface area contributed by atoms with E-state index >= 15 is 0 Å². The molecule has 2 fully saturated rings. The topological polar surface area (TPSA) is 28.2 Å². The highest BCUT2D eigenvalue weighted by atomic mass is 32.1. The SMILES string of the molecule is CCc1nc(N2CCCCC2CC)sc1CNC1CC1. The second-order valence-electron chi connectivity index (χ2n) is 6.13. The third-order valence-electron chi connectivity index (χ3n) is 4.57. The van der Waals surface area contributed by atoms with Gasteiger partial charge in [0.15, 0.2) is 5.13 Å². The predicted octanol–water partition coefficient (Wildman–Crippen LogP) is 3.73. The number of aromatic nitrogens is 1. The molecule has 1 saturated heterocycles. The summed E-state index contributed by atoms with van der Waals surface area (Å²) >= 11 is 1.93. The van der Waals surface area contributed by atoms with Crippen LogP contribution in [0.2, 0.25) is 0 Å². The van der Waals surface area contributed by atoms with E-state index in [1.165, 1.54) is 60.8 Å². The van der Waals surface area contributed by atoms with Crippen LogP contribution >= 0.6 is 11.3 Å². The highest BCUT2D eigenvalue weighted by molar-refractivity contribution is 7.15. The molecule has 3 rings (SSSR count). The number of rotatable bonds is 6. The van der Waals surface area contributed by atoms with E-state index in [4.69, 9.17) is 4.98 Å². The molecule has 1 atom stereocenters. The fourth-order valence-corrected chi connectivity index (χ4v) is 4.31. The smallest absolute Gasteiger partial charge is 0.186 e. The number of thiazole rings is 1. The molecule has 1 N–H and O–H groups in total. The summed E-state index contributed by atoms with van der Waals surface area (Å²) in [6.07, 6.45) is 9.07. The van der Waals surface area contributed by atoms with Gasteiger partial charge >= 0.3 is 0 Å². The van der Waals surface area contributed by atoms with Crippen molar-refractivity contribution in [3.05, 3.63) is 10.6 Å². The molecule has 0 spiro atoms. The maximum Gasteiger partial charge on any atom is 0.186 e. The highest BCUT2D eigenvalue weighted by Crippen LogP contribution is 2.33. The summed E-state index contributed by atoms with van der Waals surface area (Å²) in [6, 6.07) is 1.49. The van der Waals surface area contributed by atoms with Crippen LogP contribution in [0.5, 0.6) is 0 Å². The first-order valence-electron chi connectivity index (χ1n) is 8.30. The largest absolute Gasteiger partial charge is 0.345 e. The van der Waals surface area contributed by atoms with E-state index in [0.29, 0.717) is 6.04 Å². The minimum absolute atomic E-state index is 0.712. The third-order valence-corrected chi connectivity index (χ3v) is 5.71. The van der Waals surface area contributed by atoms with Crippen molar-refractivity contribution in [2.75, 3.05) is 11.4 Å². The van der Waals surface area contributed by atoms with Gasteiger partial charge in [-0.2, -0.15) is 0 Å². The Kier molecular flexibility index (Phi) is 4.61. The number of piperidine rings is 1. The van der Waals surface area contributed by atoms with E-state index < -0.39 is 0 Å². The Hall–Kier alpha value is -0.610. The molecule has 1 aromatic heterocycles. The molecule has 2 aliphatic rings. The lowest BCUT2D eigenvalue weighted by Crippen LogP contribution is -2.39. The molecule has 4 heteroatoms. The fourth-order valence-electron chi connectivity index (χ4n) is 3.11. The Morgan fingerprint density at radius 3 is 2.80 bits per heavy atom. The van der Waals surface area contributed by atoms with E-state index in [1.54, 1.807) is 0 Å². The van der Waals surface area contributed by atoms with Crippen molar-refractivity contribution in [3.8, 4) is 0 Å². The minimum Gasteiger partial charge on any atom is -0.345 e. The van der Waals surface area contributed by atoms with Crippen molar-refractivity contribution >= 4 is 16.5 Å². The molecule has 0 radical (unpaired) electrons. The summed E-state index contributed by atoms with van der Waals surface area (Å²) in [4.78, 5) is 9.00. The lowest BCUT2D eigenvalue weighted by molar-refractivity contribution is 0.449. The molecule has 3 nitrogen and oxygen atoms in total. The first-order valence-corrected chi connectivity index (χ1v) is 9.12. The van der Waals surface area contributed by atoms with Gasteiger partial charge in [0.05, 0.1) is 5.69 Å². The lowest BCUT2D eigenvalue weighted by atomic mass is 10.0. The van der Waals surface area contributed by atoms with Gasteiger partial charge in [-0.15, -0.1) is 11.3 Å². The van der Waals surface area contributed by atoms with E-state index in [1.807, 2.05) is 11.3 Å². The molecule has 20 heavy (non-hydrogen) atoms. The standard InChI is InChI=1S/C16H27N3S/c1-3-13-7-5-6-10-19(13)16-18-14(4-2)15(20-16)11-17-12-8-9-12/h12-13,17H,3-11H2,1-2H3. The van der Waals surface area contributed by atoms with Crippen LogP contribution in [0.3, 0.4) is 0 Å². The summed E-state index contributed by atoms with van der Waals surface area (Å²) in [5.41, 5.74) is 1.32. The zero-order chi connectivity index (χ0) is 13.9. The van der Waals surface area contributed by atoms with Crippen molar-refractivity contribution in [1.82, 2.24) is 10.3 Å². The molecule has 1 aliphatic carbocycles. The zero-order valence-corrected chi connectivity index (χ0v) is 13.6. The molecule has 1 unspecified atom stereocenters. The molecule has 0 bridgehead atoms. The van der Waals surface area contributed by atoms with Crippen molar-refractivity contribution in [3.63, 3.8) is 0 Å². The number of nitrogens with zero attached hydrogens (tertiary/aromatic N) is 2. The lowest BCUT2D eigenvalue weighted by Gasteiger charge is -2.35. The van der Waals surface area contributed by atoms with Gasteiger partial charge in [0.25, 0.3) is 0 Å². The third kappa shape index (κ3) is 3.17. The molecular formula is C16H27N3S. The van der Waals surface area contributed by atoms with Crippen molar-refractivity contribution in [2.45, 2.75) is 77.4 Å². The van der Waals surface area contributed by atoms with Crippen LogP contribution in [0, 0.1) is 0 Å². The van der Waals surface area contributed by atoms with Crippen LogP contribution in [-0.2, 0) is 13.0 Å². The monoisotopic (exact) mass is 293 g/mol. The number of anilines is 1. The number of hydrogen-bond donors (Lipinski definition) is 1. The molecule has 0 aromatic carbocycles. The van der Waals surface area contributed by atoms with E-state index in [9.17, 15) is 0 Å². The van der Waals surface area contributed by atoms with Crippen LogP contribution < -0.4 is 10.2 Å². The Balaban J connectivity index is 1.74. The number of hydrogen-bond acceptors (Lipinski definition) is 4. The van der Waals surface area contributed by atoms with E-state index in [-0.39, 0.29) is 0 Å². The van der Waals surface area contributed by atoms with Gasteiger partial charge in [-0.25, -0.2) is 4.98 Å². The van der Waals surface area contributed by atoms with Crippen LogP contribution in [0.1, 0.15) is 62.9 Å². The fraction of sp³-hybridized carbons (Fsp3) is 0.812. The van der Waals surface area contributed by atoms with Crippen molar-refractivity contribution in [2.24, 2.45) is 0 Å². The summed E-state index contributed by atoms with van der Waals surface area (Å²) in [5.74, 6) is 0. The average molecular weight is 293 g/mol.